The van der Waals surface area contributed by atoms with Crippen molar-refractivity contribution in [3.05, 3.63) is 120 Å². The van der Waals surface area contributed by atoms with Crippen molar-refractivity contribution in [1.29, 1.82) is 0 Å². The molecule has 0 saturated carbocycles. The molecule has 0 radical (unpaired) electrons. The van der Waals surface area contributed by atoms with E-state index in [2.05, 4.69) is 53.2 Å². The van der Waals surface area contributed by atoms with E-state index in [0.717, 1.165) is 34.4 Å². The minimum Gasteiger partial charge on any atom is -0.309 e. The predicted molar refractivity (Wildman–Crippen MR) is 121 cm³/mol. The summed E-state index contributed by atoms with van der Waals surface area (Å²) in [6.07, 6.45) is 4.30. The van der Waals surface area contributed by atoms with Crippen molar-refractivity contribution in [3.63, 3.8) is 0 Å². The van der Waals surface area contributed by atoms with Crippen molar-refractivity contribution in [3.8, 4) is 23.0 Å². The number of nitrogens with zero attached hydrogens (tertiary/aromatic N) is 2. The number of benzene rings is 3. The van der Waals surface area contributed by atoms with Crippen LogP contribution in [0.25, 0.3) is 11.1 Å². The number of para-hydroxylation sites is 1. The van der Waals surface area contributed by atoms with Crippen LogP contribution < -0.4 is 4.90 Å². The number of anilines is 1. The lowest BCUT2D eigenvalue weighted by Gasteiger charge is -2.19. The summed E-state index contributed by atoms with van der Waals surface area (Å²) >= 11 is 0. The first kappa shape index (κ1) is 19.2. The first-order valence-corrected chi connectivity index (χ1v) is 9.71. The Morgan fingerprint density at radius 2 is 1.50 bits per heavy atom. The zero-order valence-electron chi connectivity index (χ0n) is 16.4. The lowest BCUT2D eigenvalue weighted by atomic mass is 10.0. The Morgan fingerprint density at radius 1 is 0.767 bits per heavy atom. The number of amides is 1. The number of pyridine rings is 1. The fourth-order valence-electron chi connectivity index (χ4n) is 3.22. The molecule has 1 heterocycles. The maximum Gasteiger partial charge on any atom is 0.214 e. The second-order valence-corrected chi connectivity index (χ2v) is 6.81. The molecule has 3 heteroatoms. The topological polar surface area (TPSA) is 33.2 Å². The highest BCUT2D eigenvalue weighted by atomic mass is 16.1. The fourth-order valence-corrected chi connectivity index (χ4v) is 3.22. The molecule has 0 unspecified atom stereocenters. The standard InChI is InChI=1S/C27H20N2O/c30-21-29(20-23-13-15-25(16-14-23)24-8-2-1-3-9-24)27-11-5-4-10-26(27)17-12-22-7-6-18-28-19-22/h1-11,13-16,18-19,21H,20H2. The summed E-state index contributed by atoms with van der Waals surface area (Å²) in [7, 11) is 0. The van der Waals surface area contributed by atoms with Gasteiger partial charge in [-0.1, -0.05) is 78.6 Å². The van der Waals surface area contributed by atoms with Gasteiger partial charge < -0.3 is 4.90 Å². The van der Waals surface area contributed by atoms with Gasteiger partial charge in [0, 0.05) is 23.5 Å². The van der Waals surface area contributed by atoms with Crippen LogP contribution in [0.2, 0.25) is 0 Å². The Morgan fingerprint density at radius 3 is 2.23 bits per heavy atom. The number of aromatic nitrogens is 1. The molecule has 0 aliphatic heterocycles. The summed E-state index contributed by atoms with van der Waals surface area (Å²) < 4.78 is 0. The quantitative estimate of drug-likeness (QED) is 0.343. The van der Waals surface area contributed by atoms with Crippen LogP contribution in [0.4, 0.5) is 5.69 Å². The van der Waals surface area contributed by atoms with E-state index in [1.807, 2.05) is 54.6 Å². The molecular weight excluding hydrogens is 368 g/mol. The first-order chi connectivity index (χ1) is 14.8. The summed E-state index contributed by atoms with van der Waals surface area (Å²) in [5.74, 6) is 6.28. The molecule has 0 spiro atoms. The molecule has 3 aromatic carbocycles. The van der Waals surface area contributed by atoms with Gasteiger partial charge in [0.1, 0.15) is 0 Å². The highest BCUT2D eigenvalue weighted by Crippen LogP contribution is 2.23. The van der Waals surface area contributed by atoms with Crippen LogP contribution in [-0.2, 0) is 11.3 Å². The molecule has 0 bridgehead atoms. The predicted octanol–water partition coefficient (Wildman–Crippen LogP) is 5.31. The molecule has 0 saturated heterocycles. The van der Waals surface area contributed by atoms with Gasteiger partial charge in [0.2, 0.25) is 6.41 Å². The third kappa shape index (κ3) is 4.63. The third-order valence-corrected chi connectivity index (χ3v) is 4.76. The minimum atomic E-state index is 0.476. The molecule has 1 aromatic heterocycles. The average Bonchev–Trinajstić information content (AvgIpc) is 2.83. The minimum absolute atomic E-state index is 0.476. The van der Waals surface area contributed by atoms with Gasteiger partial charge in [-0.2, -0.15) is 0 Å². The second kappa shape index (κ2) is 9.36. The van der Waals surface area contributed by atoms with E-state index >= 15 is 0 Å². The summed E-state index contributed by atoms with van der Waals surface area (Å²) in [4.78, 5) is 17.7. The average molecular weight is 388 g/mol. The monoisotopic (exact) mass is 388 g/mol. The molecule has 0 aliphatic carbocycles. The molecule has 144 valence electrons. The van der Waals surface area contributed by atoms with Crippen LogP contribution in [0, 0.1) is 11.8 Å². The lowest BCUT2D eigenvalue weighted by molar-refractivity contribution is -0.107. The summed E-state index contributed by atoms with van der Waals surface area (Å²) in [5, 5.41) is 0. The van der Waals surface area contributed by atoms with Gasteiger partial charge in [0.05, 0.1) is 12.2 Å². The Hall–Kier alpha value is -4.16. The van der Waals surface area contributed by atoms with Crippen LogP contribution in [0.3, 0.4) is 0 Å². The normalized spacial score (nSPS) is 10.0. The van der Waals surface area contributed by atoms with Crippen LogP contribution in [-0.4, -0.2) is 11.4 Å². The molecule has 1 amide bonds. The molecule has 3 nitrogen and oxygen atoms in total. The molecule has 0 N–H and O–H groups in total. The number of carbonyl (C=O) groups is 1. The summed E-state index contributed by atoms with van der Waals surface area (Å²) in [6, 6.07) is 30.0. The number of hydrogen-bond donors (Lipinski definition) is 0. The highest BCUT2D eigenvalue weighted by molar-refractivity contribution is 5.79. The molecule has 0 aliphatic rings. The largest absolute Gasteiger partial charge is 0.309 e. The van der Waals surface area contributed by atoms with Crippen LogP contribution in [0.5, 0.6) is 0 Å². The SMILES string of the molecule is O=CN(Cc1ccc(-c2ccccc2)cc1)c1ccccc1C#Cc1cccnc1. The van der Waals surface area contributed by atoms with Crippen molar-refractivity contribution in [2.75, 3.05) is 4.90 Å². The van der Waals surface area contributed by atoms with E-state index in [9.17, 15) is 4.79 Å². The molecule has 0 fully saturated rings. The highest BCUT2D eigenvalue weighted by Gasteiger charge is 2.10. The van der Waals surface area contributed by atoms with E-state index in [1.165, 1.54) is 5.56 Å². The van der Waals surface area contributed by atoms with Gasteiger partial charge in [0.25, 0.3) is 0 Å². The number of carbonyl (C=O) groups excluding carboxylic acids is 1. The zero-order valence-corrected chi connectivity index (χ0v) is 16.4. The van der Waals surface area contributed by atoms with Gasteiger partial charge >= 0.3 is 0 Å². The maximum atomic E-state index is 11.9. The van der Waals surface area contributed by atoms with Gasteiger partial charge in [-0.3, -0.25) is 9.78 Å². The molecule has 4 aromatic rings. The van der Waals surface area contributed by atoms with Crippen molar-refractivity contribution in [1.82, 2.24) is 4.98 Å². The van der Waals surface area contributed by atoms with Crippen molar-refractivity contribution in [2.24, 2.45) is 0 Å². The number of hydrogen-bond acceptors (Lipinski definition) is 2. The second-order valence-electron chi connectivity index (χ2n) is 6.81. The van der Waals surface area contributed by atoms with Crippen molar-refractivity contribution in [2.45, 2.75) is 6.54 Å². The van der Waals surface area contributed by atoms with Crippen molar-refractivity contribution < 1.29 is 4.79 Å². The Bertz CT molecular complexity index is 1170. The lowest BCUT2D eigenvalue weighted by Crippen LogP contribution is -2.21. The van der Waals surface area contributed by atoms with Gasteiger partial charge in [-0.25, -0.2) is 0 Å². The molecule has 4 rings (SSSR count). The van der Waals surface area contributed by atoms with E-state index in [-0.39, 0.29) is 0 Å². The Labute approximate surface area is 176 Å². The van der Waals surface area contributed by atoms with Crippen molar-refractivity contribution >= 4 is 12.1 Å². The summed E-state index contributed by atoms with van der Waals surface area (Å²) in [6.45, 7) is 0.476. The molecule has 30 heavy (non-hydrogen) atoms. The van der Waals surface area contributed by atoms with Crippen LogP contribution in [0.15, 0.2) is 103 Å². The third-order valence-electron chi connectivity index (χ3n) is 4.76. The van der Waals surface area contributed by atoms with E-state index in [1.54, 1.807) is 17.3 Å². The fraction of sp³-hybridized carbons (Fsp3) is 0.0370. The number of rotatable bonds is 5. The van der Waals surface area contributed by atoms with Crippen LogP contribution >= 0.6 is 0 Å². The summed E-state index contributed by atoms with van der Waals surface area (Å²) in [5.41, 5.74) is 5.80. The zero-order chi connectivity index (χ0) is 20.6. The van der Waals surface area contributed by atoms with Gasteiger partial charge in [-0.15, -0.1) is 0 Å². The smallest absolute Gasteiger partial charge is 0.214 e. The van der Waals surface area contributed by atoms with Gasteiger partial charge in [0.15, 0.2) is 0 Å². The van der Waals surface area contributed by atoms with E-state index in [0.29, 0.717) is 6.54 Å². The van der Waals surface area contributed by atoms with E-state index in [4.69, 9.17) is 0 Å². The first-order valence-electron chi connectivity index (χ1n) is 9.71. The van der Waals surface area contributed by atoms with Crippen LogP contribution in [0.1, 0.15) is 16.7 Å². The van der Waals surface area contributed by atoms with E-state index < -0.39 is 0 Å². The Balaban J connectivity index is 1.56. The van der Waals surface area contributed by atoms with Gasteiger partial charge in [-0.05, 0) is 41.0 Å². The molecule has 0 atom stereocenters. The Kier molecular flexibility index (Phi) is 5.98. The maximum absolute atomic E-state index is 11.9. The molecular formula is C27H20N2O.